The van der Waals surface area contributed by atoms with Gasteiger partial charge in [0.2, 0.25) is 0 Å². The molecule has 2 aliphatic rings. The Balaban J connectivity index is 1.35. The molecule has 5 rings (SSSR count). The third kappa shape index (κ3) is 2.82. The van der Waals surface area contributed by atoms with Gasteiger partial charge in [-0.3, -0.25) is 14.7 Å². The molecule has 0 N–H and O–H groups in total. The number of fused-ring (bicyclic) bond motifs is 2. The van der Waals surface area contributed by atoms with E-state index in [1.165, 1.54) is 5.56 Å². The standard InChI is InChI=1S/C22H24N4O/c1-24-19-7-3-2-6-17(19)11-20(24)22(27)26-10-8-18-14-25(15-21(18)26)13-16-5-4-9-23-12-16/h2-7,9,11-12,18,21H,8,10,13-15H2,1H3/t18-,21+/m0/s1. The molecule has 1 amide bonds. The number of amides is 1. The van der Waals surface area contributed by atoms with Crippen molar-refractivity contribution >= 4 is 16.8 Å². The first-order valence-electron chi connectivity index (χ1n) is 9.67. The molecule has 2 atom stereocenters. The van der Waals surface area contributed by atoms with Crippen LogP contribution in [0.4, 0.5) is 0 Å². The quantitative estimate of drug-likeness (QED) is 0.721. The second-order valence-electron chi connectivity index (χ2n) is 7.82. The van der Waals surface area contributed by atoms with E-state index in [0.29, 0.717) is 12.0 Å². The number of pyridine rings is 1. The van der Waals surface area contributed by atoms with Gasteiger partial charge in [-0.25, -0.2) is 0 Å². The first-order valence-corrected chi connectivity index (χ1v) is 9.67. The number of benzene rings is 1. The minimum absolute atomic E-state index is 0.171. The van der Waals surface area contributed by atoms with Gasteiger partial charge in [-0.2, -0.15) is 0 Å². The molecule has 138 valence electrons. The molecule has 0 aliphatic carbocycles. The van der Waals surface area contributed by atoms with Crippen LogP contribution in [0.15, 0.2) is 54.9 Å². The van der Waals surface area contributed by atoms with Gasteiger partial charge in [-0.05, 0) is 36.1 Å². The minimum Gasteiger partial charge on any atom is -0.340 e. The largest absolute Gasteiger partial charge is 0.340 e. The van der Waals surface area contributed by atoms with Crippen LogP contribution in [0.5, 0.6) is 0 Å². The Morgan fingerprint density at radius 2 is 2.07 bits per heavy atom. The fourth-order valence-corrected chi connectivity index (χ4v) is 4.82. The molecule has 0 spiro atoms. The van der Waals surface area contributed by atoms with Crippen LogP contribution < -0.4 is 0 Å². The summed E-state index contributed by atoms with van der Waals surface area (Å²) in [5.41, 5.74) is 3.15. The second-order valence-corrected chi connectivity index (χ2v) is 7.82. The van der Waals surface area contributed by atoms with Crippen molar-refractivity contribution in [2.45, 2.75) is 19.0 Å². The maximum absolute atomic E-state index is 13.3. The molecule has 5 heteroatoms. The van der Waals surface area contributed by atoms with Crippen molar-refractivity contribution < 1.29 is 4.79 Å². The highest BCUT2D eigenvalue weighted by Crippen LogP contribution is 2.33. The minimum atomic E-state index is 0.171. The van der Waals surface area contributed by atoms with Crippen molar-refractivity contribution in [3.8, 4) is 0 Å². The topological polar surface area (TPSA) is 41.4 Å². The van der Waals surface area contributed by atoms with Crippen molar-refractivity contribution in [3.63, 3.8) is 0 Å². The SMILES string of the molecule is Cn1c(C(=O)N2CC[C@H]3CN(Cc4cccnc4)C[C@H]32)cc2ccccc21. The molecule has 0 radical (unpaired) electrons. The summed E-state index contributed by atoms with van der Waals surface area (Å²) in [5.74, 6) is 0.754. The Labute approximate surface area is 159 Å². The van der Waals surface area contributed by atoms with Crippen LogP contribution >= 0.6 is 0 Å². The average molecular weight is 360 g/mol. The van der Waals surface area contributed by atoms with Crippen LogP contribution in [0.1, 0.15) is 22.5 Å². The van der Waals surface area contributed by atoms with E-state index in [0.717, 1.165) is 49.2 Å². The summed E-state index contributed by atoms with van der Waals surface area (Å²) in [6, 6.07) is 14.7. The number of hydrogen-bond acceptors (Lipinski definition) is 3. The van der Waals surface area contributed by atoms with Gasteiger partial charge in [-0.15, -0.1) is 0 Å². The third-order valence-corrected chi connectivity index (χ3v) is 6.18. The summed E-state index contributed by atoms with van der Waals surface area (Å²) in [6.07, 6.45) is 4.85. The summed E-state index contributed by atoms with van der Waals surface area (Å²) in [5, 5.41) is 1.13. The Morgan fingerprint density at radius 1 is 1.19 bits per heavy atom. The third-order valence-electron chi connectivity index (χ3n) is 6.18. The fourth-order valence-electron chi connectivity index (χ4n) is 4.82. The molecule has 2 saturated heterocycles. The molecule has 0 unspecified atom stereocenters. The monoisotopic (exact) mass is 360 g/mol. The Bertz CT molecular complexity index is 980. The second kappa shape index (κ2) is 6.50. The first kappa shape index (κ1) is 16.5. The lowest BCUT2D eigenvalue weighted by molar-refractivity contribution is 0.0717. The number of nitrogens with zero attached hydrogens (tertiary/aromatic N) is 4. The van der Waals surface area contributed by atoms with Gasteiger partial charge in [0.1, 0.15) is 5.69 Å². The van der Waals surface area contributed by atoms with Gasteiger partial charge in [0, 0.05) is 62.6 Å². The van der Waals surface area contributed by atoms with Crippen LogP contribution in [-0.2, 0) is 13.6 Å². The molecule has 2 aromatic heterocycles. The normalized spacial score (nSPS) is 22.5. The molecule has 4 heterocycles. The lowest BCUT2D eigenvalue weighted by Crippen LogP contribution is -2.40. The maximum Gasteiger partial charge on any atom is 0.270 e. The number of aromatic nitrogens is 2. The number of carbonyl (C=O) groups is 1. The van der Waals surface area contributed by atoms with Gasteiger partial charge in [0.05, 0.1) is 0 Å². The molecule has 2 aliphatic heterocycles. The molecule has 2 fully saturated rings. The number of likely N-dealkylation sites (tertiary alicyclic amines) is 2. The van der Waals surface area contributed by atoms with Gasteiger partial charge in [-0.1, -0.05) is 24.3 Å². The van der Waals surface area contributed by atoms with Crippen LogP contribution in [0.3, 0.4) is 0 Å². The lowest BCUT2D eigenvalue weighted by atomic mass is 10.1. The van der Waals surface area contributed by atoms with Gasteiger partial charge >= 0.3 is 0 Å². The zero-order chi connectivity index (χ0) is 18.4. The number of aryl methyl sites for hydroxylation is 1. The van der Waals surface area contributed by atoms with E-state index in [1.807, 2.05) is 48.3 Å². The fraction of sp³-hybridized carbons (Fsp3) is 0.364. The number of carbonyl (C=O) groups excluding carboxylic acids is 1. The zero-order valence-corrected chi connectivity index (χ0v) is 15.6. The van der Waals surface area contributed by atoms with Gasteiger partial charge in [0.15, 0.2) is 0 Å². The van der Waals surface area contributed by atoms with Crippen LogP contribution in [0, 0.1) is 5.92 Å². The van der Waals surface area contributed by atoms with Gasteiger partial charge < -0.3 is 9.47 Å². The van der Waals surface area contributed by atoms with Crippen LogP contribution in [-0.4, -0.2) is 50.9 Å². The van der Waals surface area contributed by atoms with Crippen LogP contribution in [0.25, 0.3) is 10.9 Å². The number of hydrogen-bond donors (Lipinski definition) is 0. The summed E-state index contributed by atoms with van der Waals surface area (Å²) in [4.78, 5) is 22.1. The molecule has 0 bridgehead atoms. The predicted molar refractivity (Wildman–Crippen MR) is 105 cm³/mol. The molecular weight excluding hydrogens is 336 g/mol. The Morgan fingerprint density at radius 3 is 2.89 bits per heavy atom. The van der Waals surface area contributed by atoms with E-state index in [1.54, 1.807) is 0 Å². The van der Waals surface area contributed by atoms with Crippen molar-refractivity contribution in [1.29, 1.82) is 0 Å². The van der Waals surface area contributed by atoms with E-state index in [-0.39, 0.29) is 5.91 Å². The molecule has 5 nitrogen and oxygen atoms in total. The molecule has 1 aromatic carbocycles. The van der Waals surface area contributed by atoms with E-state index >= 15 is 0 Å². The van der Waals surface area contributed by atoms with Gasteiger partial charge in [0.25, 0.3) is 5.91 Å². The van der Waals surface area contributed by atoms with E-state index in [9.17, 15) is 4.79 Å². The van der Waals surface area contributed by atoms with Crippen LogP contribution in [0.2, 0.25) is 0 Å². The van der Waals surface area contributed by atoms with Crippen molar-refractivity contribution in [3.05, 3.63) is 66.1 Å². The van der Waals surface area contributed by atoms with Crippen molar-refractivity contribution in [2.24, 2.45) is 13.0 Å². The first-order chi connectivity index (χ1) is 13.2. The maximum atomic E-state index is 13.3. The average Bonchev–Trinajstić information content (AvgIpc) is 3.35. The summed E-state index contributed by atoms with van der Waals surface area (Å²) in [6.45, 7) is 3.81. The summed E-state index contributed by atoms with van der Waals surface area (Å²) in [7, 11) is 1.99. The van der Waals surface area contributed by atoms with E-state index in [2.05, 4.69) is 33.0 Å². The number of rotatable bonds is 3. The summed E-state index contributed by atoms with van der Waals surface area (Å²) < 4.78 is 2.04. The Kier molecular flexibility index (Phi) is 3.97. The molecule has 3 aromatic rings. The van der Waals surface area contributed by atoms with Crippen molar-refractivity contribution in [2.75, 3.05) is 19.6 Å². The highest BCUT2D eigenvalue weighted by Gasteiger charge is 2.43. The molecular formula is C22H24N4O. The molecule has 27 heavy (non-hydrogen) atoms. The van der Waals surface area contributed by atoms with Crippen molar-refractivity contribution in [1.82, 2.24) is 19.4 Å². The smallest absolute Gasteiger partial charge is 0.270 e. The molecule has 0 saturated carbocycles. The summed E-state index contributed by atoms with van der Waals surface area (Å²) >= 11 is 0. The highest BCUT2D eigenvalue weighted by molar-refractivity contribution is 5.99. The number of para-hydroxylation sites is 1. The lowest BCUT2D eigenvalue weighted by Gasteiger charge is -2.25. The predicted octanol–water partition coefficient (Wildman–Crippen LogP) is 2.92. The Hall–Kier alpha value is -2.66. The zero-order valence-electron chi connectivity index (χ0n) is 15.6. The van der Waals surface area contributed by atoms with E-state index < -0.39 is 0 Å². The highest BCUT2D eigenvalue weighted by atomic mass is 16.2. The van der Waals surface area contributed by atoms with E-state index in [4.69, 9.17) is 0 Å².